The average molecular weight is 259 g/mol. The number of nitro groups is 1. The van der Waals surface area contributed by atoms with Crippen LogP contribution >= 0.6 is 0 Å². The topological polar surface area (TPSA) is 75.9 Å². The van der Waals surface area contributed by atoms with E-state index in [1.54, 1.807) is 12.3 Å². The van der Waals surface area contributed by atoms with Crippen LogP contribution in [0.25, 0.3) is 10.9 Å². The number of nitro benzene ring substituents is 1. The Morgan fingerprint density at radius 1 is 1.26 bits per heavy atom. The number of anilines is 1. The van der Waals surface area contributed by atoms with Crippen molar-refractivity contribution in [1.82, 2.24) is 4.98 Å². The Balaban J connectivity index is 2.15. The van der Waals surface area contributed by atoms with E-state index in [0.717, 1.165) is 37.3 Å². The lowest BCUT2D eigenvalue weighted by Crippen LogP contribution is -2.89. The van der Waals surface area contributed by atoms with Crippen molar-refractivity contribution >= 4 is 22.3 Å². The maximum Gasteiger partial charge on any atom is 0.295 e. The number of fused-ring (bicyclic) bond motifs is 1. The number of nitrogens with zero attached hydrogens (tertiary/aromatic N) is 3. The molecule has 0 bridgehead atoms. The van der Waals surface area contributed by atoms with Crippen LogP contribution in [0.1, 0.15) is 0 Å². The van der Waals surface area contributed by atoms with Gasteiger partial charge in [-0.2, -0.15) is 0 Å². The number of benzene rings is 1. The van der Waals surface area contributed by atoms with E-state index < -0.39 is 0 Å². The van der Waals surface area contributed by atoms with Gasteiger partial charge in [-0.3, -0.25) is 10.1 Å². The van der Waals surface area contributed by atoms with Crippen molar-refractivity contribution in [1.29, 1.82) is 0 Å². The van der Waals surface area contributed by atoms with Crippen LogP contribution in [0.3, 0.4) is 0 Å². The Kier molecular flexibility index (Phi) is 3.00. The van der Waals surface area contributed by atoms with E-state index in [0.29, 0.717) is 5.52 Å². The zero-order valence-electron chi connectivity index (χ0n) is 10.5. The number of quaternary nitrogens is 1. The molecule has 6 nitrogen and oxygen atoms in total. The minimum atomic E-state index is -0.372. The van der Waals surface area contributed by atoms with Crippen molar-refractivity contribution in [2.24, 2.45) is 0 Å². The summed E-state index contributed by atoms with van der Waals surface area (Å²) in [4.78, 5) is 17.1. The van der Waals surface area contributed by atoms with Crippen molar-refractivity contribution in [2.45, 2.75) is 0 Å². The zero-order valence-corrected chi connectivity index (χ0v) is 10.5. The number of piperazine rings is 1. The number of hydrogen-bond acceptors (Lipinski definition) is 4. The van der Waals surface area contributed by atoms with Gasteiger partial charge in [0.2, 0.25) is 0 Å². The molecule has 0 spiro atoms. The highest BCUT2D eigenvalue weighted by Crippen LogP contribution is 2.31. The molecule has 1 aliphatic rings. The van der Waals surface area contributed by atoms with Crippen LogP contribution in [0.2, 0.25) is 0 Å². The quantitative estimate of drug-likeness (QED) is 0.630. The number of aromatic nitrogens is 1. The van der Waals surface area contributed by atoms with Gasteiger partial charge in [0.1, 0.15) is 5.52 Å². The zero-order chi connectivity index (χ0) is 13.2. The van der Waals surface area contributed by atoms with Crippen molar-refractivity contribution < 1.29 is 10.2 Å². The van der Waals surface area contributed by atoms with Crippen molar-refractivity contribution in [3.05, 3.63) is 40.6 Å². The first-order valence-electron chi connectivity index (χ1n) is 6.36. The minimum Gasteiger partial charge on any atom is -0.360 e. The summed E-state index contributed by atoms with van der Waals surface area (Å²) in [5, 5.41) is 14.2. The lowest BCUT2D eigenvalue weighted by molar-refractivity contribution is -0.655. The van der Waals surface area contributed by atoms with Gasteiger partial charge in [0.05, 0.1) is 31.1 Å². The maximum absolute atomic E-state index is 11.0. The smallest absolute Gasteiger partial charge is 0.295 e. The second kappa shape index (κ2) is 4.81. The monoisotopic (exact) mass is 259 g/mol. The van der Waals surface area contributed by atoms with Crippen LogP contribution in [-0.2, 0) is 0 Å². The van der Waals surface area contributed by atoms with Crippen molar-refractivity contribution in [2.75, 3.05) is 31.1 Å². The van der Waals surface area contributed by atoms with Crippen LogP contribution in [0.4, 0.5) is 11.4 Å². The van der Waals surface area contributed by atoms with Gasteiger partial charge in [0, 0.05) is 23.3 Å². The standard InChI is InChI=1S/C13H14N4O2/c18-17(19)12-4-3-11(16-8-6-14-7-9-16)10-2-1-5-15-13(10)12/h1-5,14H,6-9H2/p+1. The fourth-order valence-corrected chi connectivity index (χ4v) is 2.56. The fourth-order valence-electron chi connectivity index (χ4n) is 2.56. The van der Waals surface area contributed by atoms with Crippen molar-refractivity contribution in [3.8, 4) is 0 Å². The van der Waals surface area contributed by atoms with E-state index in [4.69, 9.17) is 0 Å². The molecular formula is C13H15N4O2+. The lowest BCUT2D eigenvalue weighted by Gasteiger charge is -2.28. The molecule has 0 saturated carbocycles. The molecule has 0 unspecified atom stereocenters. The molecule has 1 saturated heterocycles. The Morgan fingerprint density at radius 2 is 2.05 bits per heavy atom. The van der Waals surface area contributed by atoms with Crippen molar-refractivity contribution in [3.63, 3.8) is 0 Å². The minimum absolute atomic E-state index is 0.0721. The highest BCUT2D eigenvalue weighted by Gasteiger charge is 2.20. The third kappa shape index (κ3) is 2.10. The van der Waals surface area contributed by atoms with Crippen LogP contribution in [0.5, 0.6) is 0 Å². The molecule has 0 amide bonds. The van der Waals surface area contributed by atoms with Crippen LogP contribution in [0, 0.1) is 10.1 Å². The lowest BCUT2D eigenvalue weighted by atomic mass is 10.1. The molecule has 6 heteroatoms. The fraction of sp³-hybridized carbons (Fsp3) is 0.308. The first-order chi connectivity index (χ1) is 9.27. The molecule has 0 aliphatic carbocycles. The van der Waals surface area contributed by atoms with E-state index in [1.807, 2.05) is 18.2 Å². The first-order valence-corrected chi connectivity index (χ1v) is 6.36. The van der Waals surface area contributed by atoms with E-state index in [9.17, 15) is 10.1 Å². The number of pyridine rings is 1. The molecule has 98 valence electrons. The summed E-state index contributed by atoms with van der Waals surface area (Å²) in [6, 6.07) is 7.13. The Bertz CT molecular complexity index is 623. The van der Waals surface area contributed by atoms with Gasteiger partial charge in [0.25, 0.3) is 5.69 Å². The summed E-state index contributed by atoms with van der Waals surface area (Å²) in [6.45, 7) is 4.03. The number of nitrogens with two attached hydrogens (primary N) is 1. The van der Waals surface area contributed by atoms with Gasteiger partial charge in [-0.1, -0.05) is 0 Å². The Morgan fingerprint density at radius 3 is 2.79 bits per heavy atom. The van der Waals surface area contributed by atoms with E-state index in [1.165, 1.54) is 0 Å². The molecule has 19 heavy (non-hydrogen) atoms. The summed E-state index contributed by atoms with van der Waals surface area (Å²) in [7, 11) is 0. The molecule has 1 fully saturated rings. The van der Waals surface area contributed by atoms with Gasteiger partial charge in [0.15, 0.2) is 0 Å². The number of non-ortho nitro benzene ring substituents is 1. The molecule has 1 aromatic carbocycles. The summed E-state index contributed by atoms with van der Waals surface area (Å²) in [6.07, 6.45) is 1.60. The highest BCUT2D eigenvalue weighted by molar-refractivity contribution is 5.97. The third-order valence-corrected chi connectivity index (χ3v) is 3.47. The summed E-state index contributed by atoms with van der Waals surface area (Å²) in [5.41, 5.74) is 1.59. The van der Waals surface area contributed by atoms with Gasteiger partial charge < -0.3 is 10.2 Å². The predicted octanol–water partition coefficient (Wildman–Crippen LogP) is 0.526. The number of hydrogen-bond donors (Lipinski definition) is 1. The maximum atomic E-state index is 11.0. The molecule has 2 heterocycles. The molecule has 2 aromatic rings. The third-order valence-electron chi connectivity index (χ3n) is 3.47. The Hall–Kier alpha value is -2.21. The van der Waals surface area contributed by atoms with Gasteiger partial charge in [-0.05, 0) is 18.2 Å². The van der Waals surface area contributed by atoms with Crippen LogP contribution in [0.15, 0.2) is 30.5 Å². The summed E-state index contributed by atoms with van der Waals surface area (Å²) >= 11 is 0. The van der Waals surface area contributed by atoms with Gasteiger partial charge in [-0.15, -0.1) is 0 Å². The molecule has 0 radical (unpaired) electrons. The SMILES string of the molecule is O=[N+]([O-])c1ccc(N2CC[NH2+]CC2)c2cccnc12. The largest absolute Gasteiger partial charge is 0.360 e. The summed E-state index contributed by atoms with van der Waals surface area (Å²) < 4.78 is 0. The molecular weight excluding hydrogens is 244 g/mol. The first kappa shape index (κ1) is 11.9. The average Bonchev–Trinajstić information content (AvgIpc) is 2.47. The molecule has 1 aliphatic heterocycles. The van der Waals surface area contributed by atoms with Gasteiger partial charge >= 0.3 is 0 Å². The highest BCUT2D eigenvalue weighted by atomic mass is 16.6. The van der Waals surface area contributed by atoms with Crippen LogP contribution < -0.4 is 10.2 Å². The van der Waals surface area contributed by atoms with E-state index in [-0.39, 0.29) is 10.6 Å². The van der Waals surface area contributed by atoms with Crippen LogP contribution in [-0.4, -0.2) is 36.1 Å². The number of rotatable bonds is 2. The van der Waals surface area contributed by atoms with E-state index in [2.05, 4.69) is 15.2 Å². The van der Waals surface area contributed by atoms with E-state index >= 15 is 0 Å². The normalized spacial score (nSPS) is 15.7. The predicted molar refractivity (Wildman–Crippen MR) is 72.3 cm³/mol. The second-order valence-corrected chi connectivity index (χ2v) is 4.61. The Labute approximate surface area is 110 Å². The molecule has 3 rings (SSSR count). The second-order valence-electron chi connectivity index (χ2n) is 4.61. The molecule has 2 N–H and O–H groups in total. The van der Waals surface area contributed by atoms with Gasteiger partial charge in [-0.25, -0.2) is 4.98 Å². The summed E-state index contributed by atoms with van der Waals surface area (Å²) in [5.74, 6) is 0. The molecule has 1 aromatic heterocycles. The molecule has 0 atom stereocenters.